The molecule has 2 heterocycles. The molecule has 0 radical (unpaired) electrons. The number of amides is 1. The van der Waals surface area contributed by atoms with Gasteiger partial charge in [0.1, 0.15) is 17.6 Å². The predicted octanol–water partition coefficient (Wildman–Crippen LogP) is 3.59. The standard InChI is InChI=1S/C17H17BrN4O3/c1-10-9-12(3-4-13(10)18)21-8-7-14(17(21)23)20-16-6-5-15(22(24)25)11(2)19-16/h3-6,9,14H,7-8H2,1-2H3,(H,19,20). The zero-order chi connectivity index (χ0) is 18.1. The fourth-order valence-corrected chi connectivity index (χ4v) is 3.12. The summed E-state index contributed by atoms with van der Waals surface area (Å²) in [5.41, 5.74) is 2.22. The van der Waals surface area contributed by atoms with Gasteiger partial charge in [0.05, 0.1) is 4.92 Å². The Morgan fingerprint density at radius 2 is 2.08 bits per heavy atom. The number of pyridine rings is 1. The minimum Gasteiger partial charge on any atom is -0.358 e. The summed E-state index contributed by atoms with van der Waals surface area (Å²) in [6.45, 7) is 4.17. The highest BCUT2D eigenvalue weighted by atomic mass is 79.9. The highest BCUT2D eigenvalue weighted by Crippen LogP contribution is 2.28. The van der Waals surface area contributed by atoms with E-state index in [-0.39, 0.29) is 11.6 Å². The molecule has 1 aliphatic heterocycles. The van der Waals surface area contributed by atoms with Gasteiger partial charge in [0, 0.05) is 22.8 Å². The van der Waals surface area contributed by atoms with Gasteiger partial charge in [-0.05, 0) is 50.1 Å². The second-order valence-electron chi connectivity index (χ2n) is 5.97. The summed E-state index contributed by atoms with van der Waals surface area (Å²) in [6.07, 6.45) is 0.645. The van der Waals surface area contributed by atoms with Gasteiger partial charge in [-0.15, -0.1) is 0 Å². The zero-order valence-corrected chi connectivity index (χ0v) is 15.4. The van der Waals surface area contributed by atoms with Gasteiger partial charge in [0.2, 0.25) is 5.91 Å². The molecule has 25 heavy (non-hydrogen) atoms. The molecule has 1 atom stereocenters. The molecule has 3 rings (SSSR count). The second-order valence-corrected chi connectivity index (χ2v) is 6.82. The Bertz CT molecular complexity index is 856. The van der Waals surface area contributed by atoms with E-state index in [1.54, 1.807) is 11.8 Å². The maximum Gasteiger partial charge on any atom is 0.290 e. The number of nitrogens with one attached hydrogen (secondary N) is 1. The van der Waals surface area contributed by atoms with Crippen molar-refractivity contribution in [2.75, 3.05) is 16.8 Å². The molecule has 7 nitrogen and oxygen atoms in total. The predicted molar refractivity (Wildman–Crippen MR) is 98.9 cm³/mol. The number of carbonyl (C=O) groups excluding carboxylic acids is 1. The van der Waals surface area contributed by atoms with Gasteiger partial charge in [0.15, 0.2) is 0 Å². The molecule has 0 saturated carbocycles. The van der Waals surface area contributed by atoms with Crippen LogP contribution in [0.2, 0.25) is 0 Å². The Morgan fingerprint density at radius 1 is 1.32 bits per heavy atom. The average molecular weight is 405 g/mol. The Kier molecular flexibility index (Phi) is 4.71. The SMILES string of the molecule is Cc1cc(N2CCC(Nc3ccc([N+](=O)[O-])c(C)n3)C2=O)ccc1Br. The van der Waals surface area contributed by atoms with Gasteiger partial charge in [-0.1, -0.05) is 15.9 Å². The lowest BCUT2D eigenvalue weighted by Crippen LogP contribution is -2.33. The molecular weight excluding hydrogens is 388 g/mol. The second kappa shape index (κ2) is 6.79. The number of anilines is 2. The molecule has 1 N–H and O–H groups in total. The first-order chi connectivity index (χ1) is 11.9. The van der Waals surface area contributed by atoms with E-state index in [0.29, 0.717) is 24.5 Å². The topological polar surface area (TPSA) is 88.4 Å². The molecule has 1 saturated heterocycles. The Balaban J connectivity index is 1.75. The van der Waals surface area contributed by atoms with Crippen LogP contribution in [0.1, 0.15) is 17.7 Å². The van der Waals surface area contributed by atoms with Crippen molar-refractivity contribution in [2.24, 2.45) is 0 Å². The lowest BCUT2D eigenvalue weighted by molar-refractivity contribution is -0.385. The number of hydrogen-bond acceptors (Lipinski definition) is 5. The van der Waals surface area contributed by atoms with Crippen LogP contribution in [0.4, 0.5) is 17.2 Å². The Labute approximate surface area is 153 Å². The van der Waals surface area contributed by atoms with Crippen molar-refractivity contribution in [1.82, 2.24) is 4.98 Å². The number of nitrogens with zero attached hydrogens (tertiary/aromatic N) is 3. The van der Waals surface area contributed by atoms with Gasteiger partial charge in [-0.3, -0.25) is 14.9 Å². The van der Waals surface area contributed by atoms with Crippen LogP contribution >= 0.6 is 15.9 Å². The van der Waals surface area contributed by atoms with Crippen molar-refractivity contribution in [3.8, 4) is 0 Å². The van der Waals surface area contributed by atoms with E-state index < -0.39 is 11.0 Å². The first-order valence-electron chi connectivity index (χ1n) is 7.83. The molecule has 130 valence electrons. The number of carbonyl (C=O) groups is 1. The van der Waals surface area contributed by atoms with Crippen LogP contribution in [0.5, 0.6) is 0 Å². The number of rotatable bonds is 4. The van der Waals surface area contributed by atoms with Gasteiger partial charge in [-0.25, -0.2) is 4.98 Å². The Hall–Kier alpha value is -2.48. The normalized spacial score (nSPS) is 17.0. The maximum absolute atomic E-state index is 12.7. The number of hydrogen-bond donors (Lipinski definition) is 1. The summed E-state index contributed by atoms with van der Waals surface area (Å²) in [4.78, 5) is 29.0. The molecule has 8 heteroatoms. The molecule has 1 aromatic heterocycles. The van der Waals surface area contributed by atoms with Gasteiger partial charge >= 0.3 is 0 Å². The number of nitro groups is 1. The first kappa shape index (κ1) is 17.3. The van der Waals surface area contributed by atoms with Crippen molar-refractivity contribution in [2.45, 2.75) is 26.3 Å². The molecule has 1 unspecified atom stereocenters. The fraction of sp³-hybridized carbons (Fsp3) is 0.294. The minimum absolute atomic E-state index is 0.0282. The van der Waals surface area contributed by atoms with Crippen molar-refractivity contribution in [1.29, 1.82) is 0 Å². The average Bonchev–Trinajstić information content (AvgIpc) is 2.91. The van der Waals surface area contributed by atoms with Crippen molar-refractivity contribution in [3.63, 3.8) is 0 Å². The Morgan fingerprint density at radius 3 is 2.72 bits per heavy atom. The summed E-state index contributed by atoms with van der Waals surface area (Å²) in [6, 6.07) is 8.35. The highest BCUT2D eigenvalue weighted by molar-refractivity contribution is 9.10. The fourth-order valence-electron chi connectivity index (χ4n) is 2.87. The summed E-state index contributed by atoms with van der Waals surface area (Å²) >= 11 is 3.46. The molecule has 1 fully saturated rings. The lowest BCUT2D eigenvalue weighted by Gasteiger charge is -2.18. The molecule has 1 aliphatic rings. The van der Waals surface area contributed by atoms with Crippen LogP contribution in [0.25, 0.3) is 0 Å². The van der Waals surface area contributed by atoms with E-state index in [4.69, 9.17) is 0 Å². The third-order valence-corrected chi connectivity index (χ3v) is 5.13. The lowest BCUT2D eigenvalue weighted by atomic mass is 10.2. The van der Waals surface area contributed by atoms with Crippen molar-refractivity contribution < 1.29 is 9.72 Å². The molecule has 2 aromatic rings. The third-order valence-electron chi connectivity index (χ3n) is 4.24. The molecule has 1 amide bonds. The number of aryl methyl sites for hydroxylation is 2. The minimum atomic E-state index is -0.468. The summed E-state index contributed by atoms with van der Waals surface area (Å²) in [5, 5.41) is 14.0. The van der Waals surface area contributed by atoms with E-state index in [9.17, 15) is 14.9 Å². The van der Waals surface area contributed by atoms with Gasteiger partial charge < -0.3 is 10.2 Å². The van der Waals surface area contributed by atoms with Gasteiger partial charge in [0.25, 0.3) is 5.69 Å². The number of aromatic nitrogens is 1. The largest absolute Gasteiger partial charge is 0.358 e. The molecular formula is C17H17BrN4O3. The molecule has 1 aromatic carbocycles. The number of benzene rings is 1. The maximum atomic E-state index is 12.7. The quantitative estimate of drug-likeness (QED) is 0.621. The summed E-state index contributed by atoms with van der Waals surface area (Å²) in [7, 11) is 0. The molecule has 0 spiro atoms. The van der Waals surface area contributed by atoms with Gasteiger partial charge in [-0.2, -0.15) is 0 Å². The van der Waals surface area contributed by atoms with Crippen LogP contribution in [-0.4, -0.2) is 28.4 Å². The third kappa shape index (κ3) is 3.48. The molecule has 0 aliphatic carbocycles. The summed E-state index contributed by atoms with van der Waals surface area (Å²) < 4.78 is 1.00. The van der Waals surface area contributed by atoms with Crippen LogP contribution in [0, 0.1) is 24.0 Å². The van der Waals surface area contributed by atoms with Crippen molar-refractivity contribution in [3.05, 3.63) is 56.2 Å². The molecule has 0 bridgehead atoms. The van der Waals surface area contributed by atoms with E-state index in [2.05, 4.69) is 26.2 Å². The monoisotopic (exact) mass is 404 g/mol. The van der Waals surface area contributed by atoms with E-state index in [0.717, 1.165) is 15.7 Å². The summed E-state index contributed by atoms with van der Waals surface area (Å²) in [5.74, 6) is 0.440. The smallest absolute Gasteiger partial charge is 0.290 e. The van der Waals surface area contributed by atoms with E-state index in [1.807, 2.05) is 25.1 Å². The highest BCUT2D eigenvalue weighted by Gasteiger charge is 2.33. The van der Waals surface area contributed by atoms with E-state index >= 15 is 0 Å². The number of halogens is 1. The zero-order valence-electron chi connectivity index (χ0n) is 13.8. The van der Waals surface area contributed by atoms with Crippen LogP contribution in [0.15, 0.2) is 34.8 Å². The van der Waals surface area contributed by atoms with Crippen LogP contribution < -0.4 is 10.2 Å². The van der Waals surface area contributed by atoms with Crippen molar-refractivity contribution >= 4 is 39.0 Å². The van der Waals surface area contributed by atoms with Crippen LogP contribution in [-0.2, 0) is 4.79 Å². The first-order valence-corrected chi connectivity index (χ1v) is 8.62. The van der Waals surface area contributed by atoms with E-state index in [1.165, 1.54) is 12.1 Å². The van der Waals surface area contributed by atoms with Crippen LogP contribution in [0.3, 0.4) is 0 Å².